The molecule has 1 amide bonds. The number of hydrogen-bond donors (Lipinski definition) is 1. The van der Waals surface area contributed by atoms with Gasteiger partial charge in [-0.15, -0.1) is 0 Å². The van der Waals surface area contributed by atoms with E-state index < -0.39 is 0 Å². The summed E-state index contributed by atoms with van der Waals surface area (Å²) in [7, 11) is 0. The lowest BCUT2D eigenvalue weighted by Crippen LogP contribution is -2.46. The highest BCUT2D eigenvalue weighted by atomic mass is 16.5. The van der Waals surface area contributed by atoms with Crippen molar-refractivity contribution in [1.29, 1.82) is 0 Å². The van der Waals surface area contributed by atoms with Gasteiger partial charge in [-0.1, -0.05) is 25.7 Å². The van der Waals surface area contributed by atoms with Gasteiger partial charge in [0.1, 0.15) is 12.4 Å². The van der Waals surface area contributed by atoms with Gasteiger partial charge in [-0.2, -0.15) is 0 Å². The van der Waals surface area contributed by atoms with Gasteiger partial charge in [0.05, 0.1) is 6.61 Å². The van der Waals surface area contributed by atoms with Crippen LogP contribution in [-0.2, 0) is 4.74 Å². The van der Waals surface area contributed by atoms with Crippen molar-refractivity contribution in [3.8, 4) is 5.75 Å². The SMILES string of the molecule is CCOCCOc1ccc(C(=O)NC2CCCCC2CN2CCCCCC2)cc1. The third-order valence-electron chi connectivity index (χ3n) is 6.23. The molecule has 29 heavy (non-hydrogen) atoms. The number of ether oxygens (including phenoxy) is 2. The van der Waals surface area contributed by atoms with Crippen molar-refractivity contribution in [2.24, 2.45) is 5.92 Å². The summed E-state index contributed by atoms with van der Waals surface area (Å²) in [6.45, 7) is 7.36. The van der Waals surface area contributed by atoms with E-state index in [1.807, 2.05) is 31.2 Å². The van der Waals surface area contributed by atoms with Gasteiger partial charge in [0.15, 0.2) is 0 Å². The molecule has 1 heterocycles. The topological polar surface area (TPSA) is 50.8 Å². The van der Waals surface area contributed by atoms with Crippen LogP contribution in [-0.4, -0.2) is 56.3 Å². The molecule has 0 radical (unpaired) electrons. The molecule has 0 aromatic heterocycles. The summed E-state index contributed by atoms with van der Waals surface area (Å²) in [5.74, 6) is 1.39. The minimum atomic E-state index is 0.0404. The fraction of sp³-hybridized carbons (Fsp3) is 0.708. The van der Waals surface area contributed by atoms with Gasteiger partial charge in [-0.05, 0) is 75.9 Å². The maximum absolute atomic E-state index is 12.8. The highest BCUT2D eigenvalue weighted by molar-refractivity contribution is 5.94. The van der Waals surface area contributed by atoms with Crippen LogP contribution in [0.1, 0.15) is 68.6 Å². The van der Waals surface area contributed by atoms with Crippen molar-refractivity contribution in [2.45, 2.75) is 64.3 Å². The maximum Gasteiger partial charge on any atom is 0.251 e. The smallest absolute Gasteiger partial charge is 0.251 e. The van der Waals surface area contributed by atoms with E-state index in [0.29, 0.717) is 37.3 Å². The molecule has 1 aromatic rings. The monoisotopic (exact) mass is 402 g/mol. The molecule has 0 bridgehead atoms. The van der Waals surface area contributed by atoms with Gasteiger partial charge in [-0.3, -0.25) is 4.79 Å². The van der Waals surface area contributed by atoms with Crippen LogP contribution >= 0.6 is 0 Å². The minimum Gasteiger partial charge on any atom is -0.491 e. The Morgan fingerprint density at radius 1 is 1.00 bits per heavy atom. The summed E-state index contributed by atoms with van der Waals surface area (Å²) >= 11 is 0. The summed E-state index contributed by atoms with van der Waals surface area (Å²) in [4.78, 5) is 15.5. The van der Waals surface area contributed by atoms with Crippen molar-refractivity contribution < 1.29 is 14.3 Å². The van der Waals surface area contributed by atoms with E-state index >= 15 is 0 Å². The third-order valence-corrected chi connectivity index (χ3v) is 6.23. The van der Waals surface area contributed by atoms with Crippen LogP contribution in [0.15, 0.2) is 24.3 Å². The predicted molar refractivity (Wildman–Crippen MR) is 117 cm³/mol. The van der Waals surface area contributed by atoms with Crippen LogP contribution in [0.2, 0.25) is 0 Å². The van der Waals surface area contributed by atoms with E-state index in [9.17, 15) is 4.79 Å². The molecule has 1 aromatic carbocycles. The third kappa shape index (κ3) is 7.31. The second-order valence-corrected chi connectivity index (χ2v) is 8.41. The number of hydrogen-bond acceptors (Lipinski definition) is 4. The van der Waals surface area contributed by atoms with Gasteiger partial charge in [0, 0.05) is 24.8 Å². The molecule has 1 aliphatic heterocycles. The van der Waals surface area contributed by atoms with Crippen LogP contribution in [0.4, 0.5) is 0 Å². The van der Waals surface area contributed by atoms with E-state index in [1.54, 1.807) is 0 Å². The van der Waals surface area contributed by atoms with Crippen molar-refractivity contribution in [3.05, 3.63) is 29.8 Å². The molecule has 2 atom stereocenters. The standard InChI is InChI=1S/C24H38N2O3/c1-2-28-17-18-29-22-13-11-20(12-14-22)24(27)25-23-10-6-5-9-21(23)19-26-15-7-3-4-8-16-26/h11-14,21,23H,2-10,15-19H2,1H3,(H,25,27). The van der Waals surface area contributed by atoms with Crippen LogP contribution < -0.4 is 10.1 Å². The Bertz CT molecular complexity index is 597. The second-order valence-electron chi connectivity index (χ2n) is 8.41. The molecule has 0 spiro atoms. The Balaban J connectivity index is 1.50. The zero-order chi connectivity index (χ0) is 20.3. The average Bonchev–Trinajstić information content (AvgIpc) is 3.02. The molecule has 3 rings (SSSR count). The fourth-order valence-electron chi connectivity index (χ4n) is 4.58. The number of likely N-dealkylation sites (tertiary alicyclic amines) is 1. The van der Waals surface area contributed by atoms with E-state index in [4.69, 9.17) is 9.47 Å². The van der Waals surface area contributed by atoms with Gasteiger partial charge in [0.2, 0.25) is 0 Å². The van der Waals surface area contributed by atoms with Crippen molar-refractivity contribution in [2.75, 3.05) is 39.5 Å². The molecule has 5 nitrogen and oxygen atoms in total. The highest BCUT2D eigenvalue weighted by Gasteiger charge is 2.28. The molecular formula is C24H38N2O3. The van der Waals surface area contributed by atoms with Crippen molar-refractivity contribution in [3.63, 3.8) is 0 Å². The molecular weight excluding hydrogens is 364 g/mol. The molecule has 2 unspecified atom stereocenters. The summed E-state index contributed by atoms with van der Waals surface area (Å²) in [6.07, 6.45) is 10.2. The molecule has 2 aliphatic rings. The molecule has 1 N–H and O–H groups in total. The molecule has 5 heteroatoms. The van der Waals surface area contributed by atoms with E-state index in [1.165, 1.54) is 58.0 Å². The molecule has 162 valence electrons. The van der Waals surface area contributed by atoms with E-state index in [2.05, 4.69) is 10.2 Å². The Hall–Kier alpha value is -1.59. The number of carbonyl (C=O) groups excluding carboxylic acids is 1. The van der Waals surface area contributed by atoms with Crippen molar-refractivity contribution in [1.82, 2.24) is 10.2 Å². The largest absolute Gasteiger partial charge is 0.491 e. The normalized spacial score (nSPS) is 23.3. The van der Waals surface area contributed by atoms with Crippen molar-refractivity contribution >= 4 is 5.91 Å². The van der Waals surface area contributed by atoms with Gasteiger partial charge >= 0.3 is 0 Å². The highest BCUT2D eigenvalue weighted by Crippen LogP contribution is 2.27. The number of rotatable bonds is 9. The zero-order valence-electron chi connectivity index (χ0n) is 18.0. The van der Waals surface area contributed by atoms with E-state index in [-0.39, 0.29) is 5.91 Å². The van der Waals surface area contributed by atoms with Gasteiger partial charge in [0.25, 0.3) is 5.91 Å². The van der Waals surface area contributed by atoms with Crippen LogP contribution in [0.3, 0.4) is 0 Å². The molecule has 1 saturated heterocycles. The fourth-order valence-corrected chi connectivity index (χ4v) is 4.58. The zero-order valence-corrected chi connectivity index (χ0v) is 18.0. The van der Waals surface area contributed by atoms with Gasteiger partial charge < -0.3 is 19.7 Å². The lowest BCUT2D eigenvalue weighted by atomic mass is 9.84. The molecule has 1 aliphatic carbocycles. The predicted octanol–water partition coefficient (Wildman–Crippen LogP) is 4.27. The number of benzene rings is 1. The first-order chi connectivity index (χ1) is 14.3. The first-order valence-corrected chi connectivity index (χ1v) is 11.6. The molecule has 2 fully saturated rings. The molecule has 1 saturated carbocycles. The Morgan fingerprint density at radius 3 is 2.45 bits per heavy atom. The minimum absolute atomic E-state index is 0.0404. The Morgan fingerprint density at radius 2 is 1.72 bits per heavy atom. The number of nitrogens with one attached hydrogen (secondary N) is 1. The Labute approximate surface area is 176 Å². The summed E-state index contributed by atoms with van der Waals surface area (Å²) in [5, 5.41) is 3.34. The summed E-state index contributed by atoms with van der Waals surface area (Å²) in [5.41, 5.74) is 0.709. The Kier molecular flexibility index (Phi) is 9.29. The summed E-state index contributed by atoms with van der Waals surface area (Å²) < 4.78 is 10.9. The number of nitrogens with zero attached hydrogens (tertiary/aromatic N) is 1. The van der Waals surface area contributed by atoms with Gasteiger partial charge in [-0.25, -0.2) is 0 Å². The first kappa shape index (κ1) is 22.1. The van der Waals surface area contributed by atoms with Crippen LogP contribution in [0.5, 0.6) is 5.75 Å². The average molecular weight is 403 g/mol. The van der Waals surface area contributed by atoms with Crippen LogP contribution in [0.25, 0.3) is 0 Å². The lowest BCUT2D eigenvalue weighted by Gasteiger charge is -2.35. The first-order valence-electron chi connectivity index (χ1n) is 11.6. The second kappa shape index (κ2) is 12.2. The maximum atomic E-state index is 12.8. The number of carbonyl (C=O) groups is 1. The van der Waals surface area contributed by atoms with Crippen LogP contribution in [0, 0.1) is 5.92 Å². The number of amides is 1. The quantitative estimate of drug-likeness (QED) is 0.627. The summed E-state index contributed by atoms with van der Waals surface area (Å²) in [6, 6.07) is 7.75. The van der Waals surface area contributed by atoms with E-state index in [0.717, 1.165) is 18.7 Å². The lowest BCUT2D eigenvalue weighted by molar-refractivity contribution is 0.0885.